The number of unbranched alkanes of at least 4 members (excludes halogenated alkanes) is 17. The van der Waals surface area contributed by atoms with Gasteiger partial charge in [-0.15, -0.1) is 0 Å². The summed E-state index contributed by atoms with van der Waals surface area (Å²) in [4.78, 5) is 72.8. The molecule has 0 aliphatic rings. The average molecular weight is 1440 g/mol. The molecule has 0 bridgehead atoms. The summed E-state index contributed by atoms with van der Waals surface area (Å²) >= 11 is 0. The van der Waals surface area contributed by atoms with E-state index in [-0.39, 0.29) is 25.7 Å². The van der Waals surface area contributed by atoms with Gasteiger partial charge < -0.3 is 33.8 Å². The molecule has 17 nitrogen and oxygen atoms in total. The van der Waals surface area contributed by atoms with Crippen LogP contribution in [0.3, 0.4) is 0 Å². The predicted molar refractivity (Wildman–Crippen MR) is 408 cm³/mol. The highest BCUT2D eigenvalue weighted by Crippen LogP contribution is 2.45. The van der Waals surface area contributed by atoms with E-state index in [9.17, 15) is 43.2 Å². The van der Waals surface area contributed by atoms with E-state index in [0.29, 0.717) is 38.5 Å². The lowest BCUT2D eigenvalue weighted by Crippen LogP contribution is -2.30. The van der Waals surface area contributed by atoms with Crippen molar-refractivity contribution in [3.8, 4) is 0 Å². The van der Waals surface area contributed by atoms with Crippen LogP contribution in [0.25, 0.3) is 0 Å². The Balaban J connectivity index is 5.45. The Kier molecular flexibility index (Phi) is 68.2. The van der Waals surface area contributed by atoms with E-state index < -0.39 is 97.5 Å². The molecule has 100 heavy (non-hydrogen) atoms. The van der Waals surface area contributed by atoms with Gasteiger partial charge in [-0.1, -0.05) is 269 Å². The highest BCUT2D eigenvalue weighted by molar-refractivity contribution is 7.47. The van der Waals surface area contributed by atoms with Gasteiger partial charge in [0.05, 0.1) is 26.4 Å². The lowest BCUT2D eigenvalue weighted by Gasteiger charge is -2.21. The fourth-order valence-electron chi connectivity index (χ4n) is 9.36. The number of carbonyl (C=O) groups excluding carboxylic acids is 4. The number of esters is 4. The monoisotopic (exact) mass is 1440 g/mol. The van der Waals surface area contributed by atoms with Gasteiger partial charge in [-0.25, -0.2) is 9.13 Å². The van der Waals surface area contributed by atoms with Crippen molar-refractivity contribution in [2.24, 2.45) is 0 Å². The van der Waals surface area contributed by atoms with E-state index in [2.05, 4.69) is 161 Å². The maximum Gasteiger partial charge on any atom is 0.472 e. The summed E-state index contributed by atoms with van der Waals surface area (Å²) in [5, 5.41) is 10.6. The molecule has 5 atom stereocenters. The number of carbonyl (C=O) groups is 4. The van der Waals surface area contributed by atoms with Crippen LogP contribution in [0.2, 0.25) is 0 Å². The molecule has 0 aromatic carbocycles. The van der Waals surface area contributed by atoms with Crippen molar-refractivity contribution < 1.29 is 80.2 Å². The summed E-state index contributed by atoms with van der Waals surface area (Å²) in [5.74, 6) is -2.34. The smallest absolute Gasteiger partial charge is 0.462 e. The van der Waals surface area contributed by atoms with Gasteiger partial charge in [0.25, 0.3) is 0 Å². The lowest BCUT2D eigenvalue weighted by molar-refractivity contribution is -0.161. The minimum atomic E-state index is -5.00. The number of phosphoric acid groups is 2. The molecule has 0 saturated heterocycles. The largest absolute Gasteiger partial charge is 0.472 e. The molecule has 0 aliphatic carbocycles. The van der Waals surface area contributed by atoms with Crippen molar-refractivity contribution in [1.82, 2.24) is 0 Å². The van der Waals surface area contributed by atoms with Crippen LogP contribution in [-0.2, 0) is 65.4 Å². The molecule has 0 amide bonds. The number of hydrogen-bond acceptors (Lipinski definition) is 15. The van der Waals surface area contributed by atoms with E-state index in [1.54, 1.807) is 0 Å². The van der Waals surface area contributed by atoms with Crippen molar-refractivity contribution in [1.29, 1.82) is 0 Å². The number of ether oxygens (including phenoxy) is 4. The van der Waals surface area contributed by atoms with Gasteiger partial charge in [0.15, 0.2) is 12.2 Å². The number of allylic oxidation sites excluding steroid dienone is 26. The summed E-state index contributed by atoms with van der Waals surface area (Å²) in [6, 6.07) is 0. The Morgan fingerprint density at radius 1 is 0.290 bits per heavy atom. The minimum absolute atomic E-state index is 0.0570. The zero-order valence-corrected chi connectivity index (χ0v) is 63.6. The Labute approximate surface area is 604 Å². The third-order valence-electron chi connectivity index (χ3n) is 15.0. The van der Waals surface area contributed by atoms with Crippen LogP contribution in [0.15, 0.2) is 158 Å². The average Bonchev–Trinajstić information content (AvgIpc) is 1.02. The zero-order valence-electron chi connectivity index (χ0n) is 61.8. The maximum atomic E-state index is 13.1. The molecular formula is C81H132O17P2. The number of aliphatic hydroxyl groups is 1. The molecule has 0 spiro atoms. The SMILES string of the molecule is CC/C=C\C/C=C\C/C=C\C/C=C\C/C=C\CCCC(=O)OCC(COP(=O)(O)OCC(O)COP(=O)(O)OCC(COC(=O)CCC/C=C\C/C=C\C/C=C\C/C=C\C/C=C\CC)OC(=O)CCCCCCCCCCCCC)OC(=O)CCCCCCC/C=C\C/C=C\C/C=C\CC. The Hall–Kier alpha value is -5.32. The first kappa shape index (κ1) is 94.7. The van der Waals surface area contributed by atoms with Gasteiger partial charge in [-0.2, -0.15) is 0 Å². The van der Waals surface area contributed by atoms with Gasteiger partial charge in [-0.3, -0.25) is 37.3 Å². The molecule has 0 aliphatic heterocycles. The molecule has 0 saturated carbocycles. The van der Waals surface area contributed by atoms with Crippen LogP contribution >= 0.6 is 15.6 Å². The number of rotatable bonds is 69. The van der Waals surface area contributed by atoms with Crippen molar-refractivity contribution in [2.45, 2.75) is 290 Å². The van der Waals surface area contributed by atoms with Crippen LogP contribution < -0.4 is 0 Å². The van der Waals surface area contributed by atoms with E-state index in [1.165, 1.54) is 38.5 Å². The topological polar surface area (TPSA) is 237 Å². The predicted octanol–water partition coefficient (Wildman–Crippen LogP) is 21.7. The molecule has 19 heteroatoms. The molecule has 568 valence electrons. The third-order valence-corrected chi connectivity index (χ3v) is 16.9. The Bertz CT molecular complexity index is 2520. The number of hydrogen-bond donors (Lipinski definition) is 3. The van der Waals surface area contributed by atoms with Gasteiger partial charge in [0.2, 0.25) is 0 Å². The van der Waals surface area contributed by atoms with Crippen LogP contribution in [0.5, 0.6) is 0 Å². The van der Waals surface area contributed by atoms with Gasteiger partial charge in [0, 0.05) is 25.7 Å². The summed E-state index contributed by atoms with van der Waals surface area (Å²) in [6.07, 6.45) is 82.6. The molecule has 0 aromatic heterocycles. The highest BCUT2D eigenvalue weighted by Gasteiger charge is 2.30. The fraction of sp³-hybridized carbons (Fsp3) is 0.630. The summed E-state index contributed by atoms with van der Waals surface area (Å²) < 4.78 is 68.3. The van der Waals surface area contributed by atoms with E-state index in [0.717, 1.165) is 141 Å². The second-order valence-corrected chi connectivity index (χ2v) is 27.4. The van der Waals surface area contributed by atoms with E-state index >= 15 is 0 Å². The second kappa shape index (κ2) is 72.0. The van der Waals surface area contributed by atoms with Crippen molar-refractivity contribution in [3.05, 3.63) is 158 Å². The standard InChI is InChI=1S/C81H132O17P2/c1-5-9-13-17-21-25-29-32-35-37-40-42-46-49-53-57-61-65-78(83)91-71-76(97-80(85)67-63-59-55-51-45-28-24-20-16-12-8-4)73-95-99(87,88)93-69-75(82)70-94-100(89,90)96-74-77(98-81(86)68-64-60-56-52-48-44-39-34-31-27-23-19-15-11-7-3)72-92-79(84)66-62-58-54-50-47-43-41-38-36-33-30-26-22-18-14-10-6-2/h9-11,13-15,21-23,25-27,32-36,39-43,49-50,53-54,75-77,82H,5-8,12,16-20,24,28-31,37-38,44-48,51-52,55-74H2,1-4H3,(H,87,88)(H,89,90)/b13-9-,14-10-,15-11-,25-21-,26-22-,27-23-,35-32-,36-33-,39-34-,42-40-,43-41-,53-49-,54-50-. The minimum Gasteiger partial charge on any atom is -0.462 e. The van der Waals surface area contributed by atoms with Gasteiger partial charge >= 0.3 is 39.5 Å². The molecule has 0 heterocycles. The Morgan fingerprint density at radius 2 is 0.530 bits per heavy atom. The van der Waals surface area contributed by atoms with E-state index in [4.69, 9.17) is 37.0 Å². The first-order valence-electron chi connectivity index (χ1n) is 37.7. The number of phosphoric ester groups is 2. The maximum absolute atomic E-state index is 13.1. The quantitative estimate of drug-likeness (QED) is 0.0169. The summed E-state index contributed by atoms with van der Waals surface area (Å²) in [7, 11) is -9.99. The molecule has 0 rings (SSSR count). The fourth-order valence-corrected chi connectivity index (χ4v) is 10.9. The molecule has 0 aromatic rings. The van der Waals surface area contributed by atoms with Crippen molar-refractivity contribution in [3.63, 3.8) is 0 Å². The Morgan fingerprint density at radius 3 is 0.830 bits per heavy atom. The lowest BCUT2D eigenvalue weighted by atomic mass is 10.1. The first-order valence-corrected chi connectivity index (χ1v) is 40.7. The van der Waals surface area contributed by atoms with Crippen molar-refractivity contribution >= 4 is 39.5 Å². The second-order valence-electron chi connectivity index (χ2n) is 24.5. The zero-order chi connectivity index (χ0) is 73.2. The normalized spacial score (nSPS) is 14.8. The molecular weight excluding hydrogens is 1310 g/mol. The molecule has 5 unspecified atom stereocenters. The summed E-state index contributed by atoms with van der Waals surface area (Å²) in [5.41, 5.74) is 0. The number of aliphatic hydroxyl groups excluding tert-OH is 1. The third kappa shape index (κ3) is 71.1. The molecule has 0 radical (unpaired) electrons. The van der Waals surface area contributed by atoms with Crippen LogP contribution in [0, 0.1) is 0 Å². The molecule has 3 N–H and O–H groups in total. The highest BCUT2D eigenvalue weighted by atomic mass is 31.2. The van der Waals surface area contributed by atoms with Gasteiger partial charge in [0.1, 0.15) is 19.3 Å². The van der Waals surface area contributed by atoms with Crippen molar-refractivity contribution in [2.75, 3.05) is 39.6 Å². The summed E-state index contributed by atoms with van der Waals surface area (Å²) in [6.45, 7) is 4.35. The van der Waals surface area contributed by atoms with Crippen LogP contribution in [0.1, 0.15) is 272 Å². The first-order chi connectivity index (χ1) is 48.7. The van der Waals surface area contributed by atoms with Crippen LogP contribution in [0.4, 0.5) is 0 Å². The van der Waals surface area contributed by atoms with Gasteiger partial charge in [-0.05, 0) is 135 Å². The van der Waals surface area contributed by atoms with E-state index in [1.807, 2.05) is 24.3 Å². The van der Waals surface area contributed by atoms with Crippen LogP contribution in [-0.4, -0.2) is 96.7 Å². The molecule has 0 fully saturated rings.